The fourth-order valence-corrected chi connectivity index (χ4v) is 2.58. The summed E-state index contributed by atoms with van der Waals surface area (Å²) < 4.78 is 11.3. The molecule has 1 aromatic heterocycles. The number of para-hydroxylation sites is 1. The highest BCUT2D eigenvalue weighted by molar-refractivity contribution is 5.75. The second-order valence-corrected chi connectivity index (χ2v) is 6.20. The molecule has 1 heterocycles. The number of hydrogen-bond donors (Lipinski definition) is 0. The van der Waals surface area contributed by atoms with E-state index in [2.05, 4.69) is 10.2 Å². The van der Waals surface area contributed by atoms with E-state index in [1.54, 1.807) is 11.9 Å². The molecule has 0 N–H and O–H groups in total. The van der Waals surface area contributed by atoms with E-state index in [9.17, 15) is 4.79 Å². The monoisotopic (exact) mass is 365 g/mol. The number of likely N-dealkylation sites (N-methyl/N-ethyl adjacent to an activating group) is 1. The average molecular weight is 365 g/mol. The van der Waals surface area contributed by atoms with Crippen LogP contribution in [0.25, 0.3) is 11.5 Å². The van der Waals surface area contributed by atoms with E-state index in [1.807, 2.05) is 60.7 Å². The quantitative estimate of drug-likeness (QED) is 0.579. The van der Waals surface area contributed by atoms with Crippen LogP contribution in [0.2, 0.25) is 0 Å². The third-order valence-electron chi connectivity index (χ3n) is 4.13. The standard InChI is InChI=1S/C21H23N3O3/c1-24(15-16-26-18-11-6-3-7-12-18)20(25)14-8-13-19-22-23-21(27-19)17-9-4-2-5-10-17/h2-7,9-12H,8,13-16H2,1H3. The van der Waals surface area contributed by atoms with E-state index >= 15 is 0 Å². The Balaban J connectivity index is 1.37. The smallest absolute Gasteiger partial charge is 0.247 e. The van der Waals surface area contributed by atoms with Crippen molar-refractivity contribution in [2.24, 2.45) is 0 Å². The summed E-state index contributed by atoms with van der Waals surface area (Å²) in [6, 6.07) is 19.2. The molecule has 0 saturated heterocycles. The Morgan fingerprint density at radius 2 is 1.74 bits per heavy atom. The van der Waals surface area contributed by atoms with Crippen LogP contribution in [-0.2, 0) is 11.2 Å². The Kier molecular flexibility index (Phi) is 6.57. The van der Waals surface area contributed by atoms with Crippen molar-refractivity contribution >= 4 is 5.91 Å². The van der Waals surface area contributed by atoms with Gasteiger partial charge in [-0.2, -0.15) is 0 Å². The van der Waals surface area contributed by atoms with Crippen LogP contribution in [-0.4, -0.2) is 41.2 Å². The molecule has 0 spiro atoms. The highest BCUT2D eigenvalue weighted by Gasteiger charge is 2.11. The molecule has 0 bridgehead atoms. The summed E-state index contributed by atoms with van der Waals surface area (Å²) in [6.07, 6.45) is 1.68. The van der Waals surface area contributed by atoms with Gasteiger partial charge in [0, 0.05) is 25.5 Å². The lowest BCUT2D eigenvalue weighted by molar-refractivity contribution is -0.130. The van der Waals surface area contributed by atoms with Gasteiger partial charge in [0.2, 0.25) is 17.7 Å². The van der Waals surface area contributed by atoms with Gasteiger partial charge in [-0.1, -0.05) is 36.4 Å². The van der Waals surface area contributed by atoms with Gasteiger partial charge in [-0.25, -0.2) is 0 Å². The summed E-state index contributed by atoms with van der Waals surface area (Å²) in [5.74, 6) is 1.95. The zero-order chi connectivity index (χ0) is 18.9. The topological polar surface area (TPSA) is 68.5 Å². The predicted molar refractivity (Wildman–Crippen MR) is 102 cm³/mol. The summed E-state index contributed by atoms with van der Waals surface area (Å²) >= 11 is 0. The lowest BCUT2D eigenvalue weighted by Crippen LogP contribution is -2.30. The molecule has 6 heteroatoms. The number of rotatable bonds is 9. The normalized spacial score (nSPS) is 10.6. The summed E-state index contributed by atoms with van der Waals surface area (Å²) in [7, 11) is 1.79. The first-order chi connectivity index (χ1) is 13.2. The molecule has 2 aromatic carbocycles. The first-order valence-corrected chi connectivity index (χ1v) is 9.02. The maximum atomic E-state index is 12.2. The van der Waals surface area contributed by atoms with Crippen molar-refractivity contribution in [3.63, 3.8) is 0 Å². The molecule has 0 radical (unpaired) electrons. The zero-order valence-corrected chi connectivity index (χ0v) is 15.4. The average Bonchev–Trinajstić information content (AvgIpc) is 3.18. The van der Waals surface area contributed by atoms with E-state index in [0.717, 1.165) is 11.3 Å². The Morgan fingerprint density at radius 1 is 1.04 bits per heavy atom. The number of aryl methyl sites for hydroxylation is 1. The summed E-state index contributed by atoms with van der Waals surface area (Å²) in [5.41, 5.74) is 0.894. The molecule has 0 aliphatic rings. The number of benzene rings is 2. The van der Waals surface area contributed by atoms with Crippen LogP contribution in [0.15, 0.2) is 65.1 Å². The molecule has 3 rings (SSSR count). The fourth-order valence-electron chi connectivity index (χ4n) is 2.58. The van der Waals surface area contributed by atoms with Crippen LogP contribution in [0.4, 0.5) is 0 Å². The maximum Gasteiger partial charge on any atom is 0.247 e. The van der Waals surface area contributed by atoms with E-state index in [0.29, 0.717) is 44.2 Å². The van der Waals surface area contributed by atoms with Crippen LogP contribution in [0.5, 0.6) is 5.75 Å². The van der Waals surface area contributed by atoms with E-state index in [-0.39, 0.29) is 5.91 Å². The van der Waals surface area contributed by atoms with Crippen molar-refractivity contribution in [2.75, 3.05) is 20.2 Å². The van der Waals surface area contributed by atoms with Crippen LogP contribution in [0.3, 0.4) is 0 Å². The molecule has 3 aromatic rings. The Bertz CT molecular complexity index is 834. The largest absolute Gasteiger partial charge is 0.492 e. The molecular formula is C21H23N3O3. The summed E-state index contributed by atoms with van der Waals surface area (Å²) in [6.45, 7) is 1.02. The molecular weight excluding hydrogens is 342 g/mol. The summed E-state index contributed by atoms with van der Waals surface area (Å²) in [4.78, 5) is 13.9. The molecule has 0 fully saturated rings. The van der Waals surface area contributed by atoms with E-state index < -0.39 is 0 Å². The van der Waals surface area contributed by atoms with Gasteiger partial charge in [-0.05, 0) is 30.7 Å². The van der Waals surface area contributed by atoms with Crippen molar-refractivity contribution in [1.82, 2.24) is 15.1 Å². The van der Waals surface area contributed by atoms with Gasteiger partial charge in [0.1, 0.15) is 12.4 Å². The minimum absolute atomic E-state index is 0.0782. The molecule has 0 aliphatic carbocycles. The Hall–Kier alpha value is -3.15. The van der Waals surface area contributed by atoms with E-state index in [1.165, 1.54) is 0 Å². The van der Waals surface area contributed by atoms with Crippen molar-refractivity contribution in [3.05, 3.63) is 66.6 Å². The predicted octanol–water partition coefficient (Wildman–Crippen LogP) is 3.60. The lowest BCUT2D eigenvalue weighted by atomic mass is 10.2. The van der Waals surface area contributed by atoms with Gasteiger partial charge in [0.25, 0.3) is 0 Å². The van der Waals surface area contributed by atoms with Crippen molar-refractivity contribution in [3.8, 4) is 17.2 Å². The molecule has 140 valence electrons. The van der Waals surface area contributed by atoms with Gasteiger partial charge in [0.15, 0.2) is 0 Å². The Labute approximate surface area is 158 Å². The molecule has 0 unspecified atom stereocenters. The molecule has 27 heavy (non-hydrogen) atoms. The molecule has 1 amide bonds. The first kappa shape index (κ1) is 18.6. The number of amides is 1. The maximum absolute atomic E-state index is 12.2. The highest BCUT2D eigenvalue weighted by atomic mass is 16.5. The molecule has 0 saturated carbocycles. The Morgan fingerprint density at radius 3 is 2.48 bits per heavy atom. The van der Waals surface area contributed by atoms with Gasteiger partial charge in [-0.3, -0.25) is 4.79 Å². The van der Waals surface area contributed by atoms with Crippen LogP contribution >= 0.6 is 0 Å². The third kappa shape index (κ3) is 5.67. The zero-order valence-electron chi connectivity index (χ0n) is 15.4. The SMILES string of the molecule is CN(CCOc1ccccc1)C(=O)CCCc1nnc(-c2ccccc2)o1. The highest BCUT2D eigenvalue weighted by Crippen LogP contribution is 2.17. The van der Waals surface area contributed by atoms with Crippen molar-refractivity contribution in [1.29, 1.82) is 0 Å². The first-order valence-electron chi connectivity index (χ1n) is 9.02. The third-order valence-corrected chi connectivity index (χ3v) is 4.13. The van der Waals surface area contributed by atoms with Gasteiger partial charge >= 0.3 is 0 Å². The molecule has 0 aliphatic heterocycles. The lowest BCUT2D eigenvalue weighted by Gasteiger charge is -2.17. The number of nitrogens with zero attached hydrogens (tertiary/aromatic N) is 3. The van der Waals surface area contributed by atoms with Crippen LogP contribution < -0.4 is 4.74 Å². The van der Waals surface area contributed by atoms with Crippen molar-refractivity contribution in [2.45, 2.75) is 19.3 Å². The fraction of sp³-hybridized carbons (Fsp3) is 0.286. The second-order valence-electron chi connectivity index (χ2n) is 6.20. The minimum Gasteiger partial charge on any atom is -0.492 e. The number of aromatic nitrogens is 2. The molecule has 0 atom stereocenters. The van der Waals surface area contributed by atoms with Crippen LogP contribution in [0, 0.1) is 0 Å². The molecule has 6 nitrogen and oxygen atoms in total. The van der Waals surface area contributed by atoms with Gasteiger partial charge in [-0.15, -0.1) is 10.2 Å². The summed E-state index contributed by atoms with van der Waals surface area (Å²) in [5, 5.41) is 8.12. The van der Waals surface area contributed by atoms with E-state index in [4.69, 9.17) is 9.15 Å². The second kappa shape index (κ2) is 9.52. The number of carbonyl (C=O) groups is 1. The number of hydrogen-bond acceptors (Lipinski definition) is 5. The number of ether oxygens (including phenoxy) is 1. The van der Waals surface area contributed by atoms with Gasteiger partial charge < -0.3 is 14.1 Å². The van der Waals surface area contributed by atoms with Crippen molar-refractivity contribution < 1.29 is 13.9 Å². The van der Waals surface area contributed by atoms with Gasteiger partial charge in [0.05, 0.1) is 6.54 Å². The minimum atomic E-state index is 0.0782. The van der Waals surface area contributed by atoms with Crippen LogP contribution in [0.1, 0.15) is 18.7 Å². The number of carbonyl (C=O) groups excluding carboxylic acids is 1.